The molecule has 0 fully saturated rings. The molecular weight excluding hydrogens is 667 g/mol. The summed E-state index contributed by atoms with van der Waals surface area (Å²) in [7, 11) is -4.37. The fourth-order valence-electron chi connectivity index (χ4n) is 5.50. The average molecular weight is 742 g/mol. The standard InChI is InChI=1S/C45H75NO5S/c1-3-5-7-9-11-13-15-17-19-20-21-22-23-24-25-26-27-29-31-33-35-37-39-41-45(48)46-43(42-52(49,50)51)44(47)40-38-36-34-32-30-28-18-16-14-12-10-8-6-4-2/h5,7,11,13,17,19,21-22,24-25,27,29,33,35,38,40,43-44,47H,3-4,6,8-10,12,14-16,18,20,23,26,28,30-32,34,36-37,39,41-42H2,1-2H3,(H,46,48)(H,49,50,51)/b7-5-,13-11-,19-17-,22-21-,25-24-,29-27-,35-33-,40-38+. The second-order valence-corrected chi connectivity index (χ2v) is 15.0. The van der Waals surface area contributed by atoms with E-state index in [4.69, 9.17) is 0 Å². The molecule has 2 unspecified atom stereocenters. The van der Waals surface area contributed by atoms with Gasteiger partial charge < -0.3 is 10.4 Å². The lowest BCUT2D eigenvalue weighted by Crippen LogP contribution is -2.46. The number of allylic oxidation sites excluding steroid dienone is 15. The van der Waals surface area contributed by atoms with Gasteiger partial charge in [0.05, 0.1) is 17.9 Å². The van der Waals surface area contributed by atoms with Crippen LogP contribution in [0.1, 0.15) is 162 Å². The van der Waals surface area contributed by atoms with Gasteiger partial charge in [0.15, 0.2) is 0 Å². The first-order chi connectivity index (χ1) is 25.3. The Hall–Kier alpha value is -2.74. The van der Waals surface area contributed by atoms with Crippen LogP contribution in [0.25, 0.3) is 0 Å². The van der Waals surface area contributed by atoms with E-state index >= 15 is 0 Å². The van der Waals surface area contributed by atoms with Gasteiger partial charge in [-0.15, -0.1) is 0 Å². The molecule has 0 bridgehead atoms. The molecule has 52 heavy (non-hydrogen) atoms. The van der Waals surface area contributed by atoms with Crippen LogP contribution in [0.4, 0.5) is 0 Å². The molecule has 0 aromatic rings. The number of hydrogen-bond donors (Lipinski definition) is 3. The van der Waals surface area contributed by atoms with Crippen LogP contribution in [0.15, 0.2) is 97.2 Å². The molecule has 7 heteroatoms. The van der Waals surface area contributed by atoms with E-state index in [-0.39, 0.29) is 12.3 Å². The fourth-order valence-corrected chi connectivity index (χ4v) is 6.23. The van der Waals surface area contributed by atoms with Gasteiger partial charge >= 0.3 is 0 Å². The lowest BCUT2D eigenvalue weighted by Gasteiger charge is -2.21. The summed E-state index contributed by atoms with van der Waals surface area (Å²) < 4.78 is 32.4. The molecule has 0 aliphatic carbocycles. The highest BCUT2D eigenvalue weighted by Crippen LogP contribution is 2.13. The number of nitrogens with one attached hydrogen (secondary N) is 1. The van der Waals surface area contributed by atoms with Crippen molar-refractivity contribution < 1.29 is 22.9 Å². The molecule has 0 aliphatic rings. The van der Waals surface area contributed by atoms with Crippen molar-refractivity contribution in [1.82, 2.24) is 5.32 Å². The number of amides is 1. The predicted molar refractivity (Wildman–Crippen MR) is 225 cm³/mol. The molecule has 0 heterocycles. The maximum atomic E-state index is 12.5. The Balaban J connectivity index is 4.09. The molecule has 0 saturated heterocycles. The topological polar surface area (TPSA) is 104 Å². The first-order valence-corrected chi connectivity index (χ1v) is 22.0. The van der Waals surface area contributed by atoms with Crippen molar-refractivity contribution in [2.24, 2.45) is 0 Å². The third-order valence-corrected chi connectivity index (χ3v) is 9.30. The molecule has 2 atom stereocenters. The highest BCUT2D eigenvalue weighted by molar-refractivity contribution is 7.85. The van der Waals surface area contributed by atoms with Crippen LogP contribution in [-0.4, -0.2) is 41.9 Å². The minimum absolute atomic E-state index is 0.210. The van der Waals surface area contributed by atoms with Crippen molar-refractivity contribution in [1.29, 1.82) is 0 Å². The molecule has 0 saturated carbocycles. The van der Waals surface area contributed by atoms with Crippen molar-refractivity contribution in [2.45, 2.75) is 174 Å². The zero-order chi connectivity index (χ0) is 38.2. The minimum atomic E-state index is -4.37. The monoisotopic (exact) mass is 742 g/mol. The van der Waals surface area contributed by atoms with E-state index in [2.05, 4.69) is 98.2 Å². The Morgan fingerprint density at radius 3 is 1.35 bits per heavy atom. The summed E-state index contributed by atoms with van der Waals surface area (Å²) >= 11 is 0. The van der Waals surface area contributed by atoms with E-state index in [9.17, 15) is 22.9 Å². The van der Waals surface area contributed by atoms with Crippen LogP contribution in [0.2, 0.25) is 0 Å². The molecule has 0 aliphatic heterocycles. The molecule has 0 spiro atoms. The summed E-state index contributed by atoms with van der Waals surface area (Å²) in [6, 6.07) is -1.09. The summed E-state index contributed by atoms with van der Waals surface area (Å²) in [6.07, 6.45) is 56.8. The van der Waals surface area contributed by atoms with Crippen LogP contribution in [0, 0.1) is 0 Å². The SMILES string of the molecule is CC/C=C\C/C=C\C/C=C\C/C=C\C/C=C\C/C=C\C/C=C\CCCC(=O)NC(CS(=O)(=O)O)C(O)/C=C/CCCCCCCCCCCCCC. The molecule has 6 nitrogen and oxygen atoms in total. The van der Waals surface area contributed by atoms with E-state index in [0.717, 1.165) is 70.6 Å². The third-order valence-electron chi connectivity index (χ3n) is 8.52. The van der Waals surface area contributed by atoms with Crippen LogP contribution in [0.5, 0.6) is 0 Å². The number of rotatable bonds is 35. The number of unbranched alkanes of at least 4 members (excludes halogenated alkanes) is 13. The van der Waals surface area contributed by atoms with Crippen LogP contribution >= 0.6 is 0 Å². The Kier molecular flexibility index (Phi) is 36.0. The normalized spacial score (nSPS) is 14.3. The van der Waals surface area contributed by atoms with Gasteiger partial charge in [-0.05, 0) is 70.6 Å². The molecule has 1 amide bonds. The van der Waals surface area contributed by atoms with E-state index in [0.29, 0.717) is 6.42 Å². The molecular formula is C45H75NO5S. The van der Waals surface area contributed by atoms with E-state index in [1.165, 1.54) is 70.3 Å². The van der Waals surface area contributed by atoms with Crippen LogP contribution in [-0.2, 0) is 14.9 Å². The lowest BCUT2D eigenvalue weighted by atomic mass is 10.0. The largest absolute Gasteiger partial charge is 0.387 e. The highest BCUT2D eigenvalue weighted by atomic mass is 32.2. The second-order valence-electron chi connectivity index (χ2n) is 13.5. The van der Waals surface area contributed by atoms with Crippen molar-refractivity contribution in [3.05, 3.63) is 97.2 Å². The molecule has 3 N–H and O–H groups in total. The van der Waals surface area contributed by atoms with Gasteiger partial charge in [-0.1, -0.05) is 182 Å². The van der Waals surface area contributed by atoms with E-state index < -0.39 is 28.0 Å². The summed E-state index contributed by atoms with van der Waals surface area (Å²) in [6.45, 7) is 4.39. The average Bonchev–Trinajstić information content (AvgIpc) is 3.11. The Morgan fingerprint density at radius 1 is 0.538 bits per heavy atom. The predicted octanol–water partition coefficient (Wildman–Crippen LogP) is 12.2. The van der Waals surface area contributed by atoms with Crippen molar-refractivity contribution in [3.8, 4) is 0 Å². The van der Waals surface area contributed by atoms with Gasteiger partial charge in [0.1, 0.15) is 0 Å². The summed E-state index contributed by atoms with van der Waals surface area (Å²) in [5.74, 6) is -1.07. The lowest BCUT2D eigenvalue weighted by molar-refractivity contribution is -0.122. The van der Waals surface area contributed by atoms with Crippen LogP contribution in [0.3, 0.4) is 0 Å². The zero-order valence-electron chi connectivity index (χ0n) is 32.9. The van der Waals surface area contributed by atoms with Crippen molar-refractivity contribution in [2.75, 3.05) is 5.75 Å². The Morgan fingerprint density at radius 2 is 0.923 bits per heavy atom. The molecule has 296 valence electrons. The quantitative estimate of drug-likeness (QED) is 0.0341. The first kappa shape index (κ1) is 49.3. The van der Waals surface area contributed by atoms with Gasteiger partial charge in [0.2, 0.25) is 5.91 Å². The third kappa shape index (κ3) is 38.5. The van der Waals surface area contributed by atoms with Gasteiger partial charge in [0.25, 0.3) is 10.1 Å². The van der Waals surface area contributed by atoms with Crippen molar-refractivity contribution >= 4 is 16.0 Å². The first-order valence-electron chi connectivity index (χ1n) is 20.4. The fraction of sp³-hybridized carbons (Fsp3) is 0.622. The van der Waals surface area contributed by atoms with Gasteiger partial charge in [-0.2, -0.15) is 8.42 Å². The summed E-state index contributed by atoms with van der Waals surface area (Å²) in [5.41, 5.74) is 0. The van der Waals surface area contributed by atoms with Gasteiger partial charge in [-0.25, -0.2) is 0 Å². The number of aliphatic hydroxyl groups excluding tert-OH is 1. The van der Waals surface area contributed by atoms with Gasteiger partial charge in [-0.3, -0.25) is 9.35 Å². The smallest absolute Gasteiger partial charge is 0.267 e. The van der Waals surface area contributed by atoms with Crippen LogP contribution < -0.4 is 5.32 Å². The zero-order valence-corrected chi connectivity index (χ0v) is 33.7. The highest BCUT2D eigenvalue weighted by Gasteiger charge is 2.24. The number of carbonyl (C=O) groups is 1. The maximum absolute atomic E-state index is 12.5. The number of hydrogen-bond acceptors (Lipinski definition) is 4. The maximum Gasteiger partial charge on any atom is 0.267 e. The molecule has 0 aromatic heterocycles. The molecule has 0 rings (SSSR count). The number of aliphatic hydroxyl groups is 1. The molecule has 0 aromatic carbocycles. The molecule has 0 radical (unpaired) electrons. The second kappa shape index (κ2) is 38.0. The Bertz CT molecular complexity index is 1180. The van der Waals surface area contributed by atoms with Crippen molar-refractivity contribution in [3.63, 3.8) is 0 Å². The Labute approximate surface area is 319 Å². The van der Waals surface area contributed by atoms with E-state index in [1.807, 2.05) is 12.2 Å². The number of carbonyl (C=O) groups excluding carboxylic acids is 1. The van der Waals surface area contributed by atoms with E-state index in [1.54, 1.807) is 0 Å². The summed E-state index contributed by atoms with van der Waals surface area (Å²) in [5, 5.41) is 13.2. The van der Waals surface area contributed by atoms with Gasteiger partial charge in [0, 0.05) is 6.42 Å². The minimum Gasteiger partial charge on any atom is -0.387 e. The summed E-state index contributed by atoms with van der Waals surface area (Å²) in [4.78, 5) is 12.5.